The molecule has 1 aromatic rings. The van der Waals surface area contributed by atoms with E-state index < -0.39 is 0 Å². The van der Waals surface area contributed by atoms with Gasteiger partial charge in [0.15, 0.2) is 0 Å². The third kappa shape index (κ3) is 4.46. The molecule has 0 aliphatic rings. The Morgan fingerprint density at radius 2 is 2.18 bits per heavy atom. The Balaban J connectivity index is 2.61. The molecule has 5 heteroatoms. The molecular formula is C12H23N3O2. The lowest BCUT2D eigenvalue weighted by molar-refractivity contribution is -0.0550. The van der Waals surface area contributed by atoms with Crippen LogP contribution in [0.15, 0.2) is 12.4 Å². The Labute approximate surface area is 103 Å². The minimum Gasteiger partial charge on any atom is -0.379 e. The van der Waals surface area contributed by atoms with Crippen LogP contribution in [0.5, 0.6) is 0 Å². The van der Waals surface area contributed by atoms with Crippen LogP contribution in [0.25, 0.3) is 0 Å². The number of nitrogens with zero attached hydrogens (tertiary/aromatic N) is 2. The molecule has 98 valence electrons. The molecule has 0 aliphatic heterocycles. The predicted molar refractivity (Wildman–Crippen MR) is 66.6 cm³/mol. The normalized spacial score (nSPS) is 16.8. The van der Waals surface area contributed by atoms with Crippen molar-refractivity contribution in [2.75, 3.05) is 13.2 Å². The second kappa shape index (κ2) is 6.74. The van der Waals surface area contributed by atoms with Crippen molar-refractivity contribution in [3.05, 3.63) is 18.0 Å². The van der Waals surface area contributed by atoms with Gasteiger partial charge >= 0.3 is 0 Å². The summed E-state index contributed by atoms with van der Waals surface area (Å²) in [4.78, 5) is 0. The van der Waals surface area contributed by atoms with Crippen LogP contribution in [0, 0.1) is 0 Å². The topological polar surface area (TPSA) is 62.3 Å². The van der Waals surface area contributed by atoms with Gasteiger partial charge in [-0.1, -0.05) is 0 Å². The maximum atomic E-state index is 5.95. The predicted octanol–water partition coefficient (Wildman–Crippen LogP) is 1.25. The number of aryl methyl sites for hydroxylation is 1. The van der Waals surface area contributed by atoms with E-state index in [1.165, 1.54) is 0 Å². The fourth-order valence-corrected chi connectivity index (χ4v) is 1.67. The van der Waals surface area contributed by atoms with E-state index in [0.29, 0.717) is 13.2 Å². The molecule has 3 unspecified atom stereocenters. The molecule has 0 amide bonds. The standard InChI is InChI=1S/C12H23N3O2/c1-5-16-8-9(2)17-12(10(3)13)11-6-14-15(4)7-11/h6-7,9-10,12H,5,8,13H2,1-4H3. The second-order valence-corrected chi connectivity index (χ2v) is 4.33. The number of nitrogens with two attached hydrogens (primary N) is 1. The smallest absolute Gasteiger partial charge is 0.101 e. The van der Waals surface area contributed by atoms with E-state index in [4.69, 9.17) is 15.2 Å². The van der Waals surface area contributed by atoms with Crippen LogP contribution >= 0.6 is 0 Å². The summed E-state index contributed by atoms with van der Waals surface area (Å²) in [6, 6.07) is -0.0803. The van der Waals surface area contributed by atoms with Crippen LogP contribution in [-0.4, -0.2) is 35.1 Å². The Hall–Kier alpha value is -0.910. The lowest BCUT2D eigenvalue weighted by Gasteiger charge is -2.24. The number of hydrogen-bond acceptors (Lipinski definition) is 4. The minimum atomic E-state index is -0.140. The van der Waals surface area contributed by atoms with Gasteiger partial charge in [-0.05, 0) is 20.8 Å². The highest BCUT2D eigenvalue weighted by atomic mass is 16.5. The maximum absolute atomic E-state index is 5.95. The number of ether oxygens (including phenoxy) is 2. The molecule has 0 saturated carbocycles. The molecule has 1 heterocycles. The molecule has 1 aromatic heterocycles. The van der Waals surface area contributed by atoms with Crippen molar-refractivity contribution in [2.45, 2.75) is 39.0 Å². The van der Waals surface area contributed by atoms with Gasteiger partial charge in [-0.15, -0.1) is 0 Å². The van der Waals surface area contributed by atoms with E-state index in [1.54, 1.807) is 10.9 Å². The molecular weight excluding hydrogens is 218 g/mol. The van der Waals surface area contributed by atoms with Crippen molar-refractivity contribution < 1.29 is 9.47 Å². The highest BCUT2D eigenvalue weighted by molar-refractivity contribution is 5.10. The summed E-state index contributed by atoms with van der Waals surface area (Å²) in [5.74, 6) is 0. The average molecular weight is 241 g/mol. The quantitative estimate of drug-likeness (QED) is 0.780. The van der Waals surface area contributed by atoms with Crippen LogP contribution in [-0.2, 0) is 16.5 Å². The zero-order chi connectivity index (χ0) is 12.8. The first-order valence-electron chi connectivity index (χ1n) is 6.02. The fourth-order valence-electron chi connectivity index (χ4n) is 1.67. The summed E-state index contributed by atoms with van der Waals surface area (Å²) in [6.07, 6.45) is 3.60. The van der Waals surface area contributed by atoms with Gasteiger partial charge in [0, 0.05) is 31.5 Å². The van der Waals surface area contributed by atoms with Gasteiger partial charge < -0.3 is 15.2 Å². The van der Waals surface area contributed by atoms with E-state index in [9.17, 15) is 0 Å². The van der Waals surface area contributed by atoms with Crippen molar-refractivity contribution in [2.24, 2.45) is 12.8 Å². The van der Waals surface area contributed by atoms with Crippen molar-refractivity contribution >= 4 is 0 Å². The molecule has 1 rings (SSSR count). The van der Waals surface area contributed by atoms with Gasteiger partial charge in [0.05, 0.1) is 18.9 Å². The largest absolute Gasteiger partial charge is 0.379 e. The highest BCUT2D eigenvalue weighted by Crippen LogP contribution is 2.21. The van der Waals surface area contributed by atoms with Crippen LogP contribution in [0.1, 0.15) is 32.4 Å². The van der Waals surface area contributed by atoms with Gasteiger partial charge in [0.1, 0.15) is 6.10 Å². The van der Waals surface area contributed by atoms with Gasteiger partial charge in [-0.2, -0.15) is 5.10 Å². The van der Waals surface area contributed by atoms with E-state index in [0.717, 1.165) is 5.56 Å². The molecule has 0 aromatic carbocycles. The highest BCUT2D eigenvalue weighted by Gasteiger charge is 2.21. The fraction of sp³-hybridized carbons (Fsp3) is 0.750. The lowest BCUT2D eigenvalue weighted by Crippen LogP contribution is -2.31. The van der Waals surface area contributed by atoms with Crippen molar-refractivity contribution in [3.8, 4) is 0 Å². The first-order valence-corrected chi connectivity index (χ1v) is 6.02. The van der Waals surface area contributed by atoms with Crippen LogP contribution in [0.3, 0.4) is 0 Å². The SMILES string of the molecule is CCOCC(C)OC(c1cnn(C)c1)C(C)N. The van der Waals surface area contributed by atoms with Crippen molar-refractivity contribution in [1.29, 1.82) is 0 Å². The van der Waals surface area contributed by atoms with E-state index in [-0.39, 0.29) is 18.2 Å². The van der Waals surface area contributed by atoms with Crippen LogP contribution < -0.4 is 5.73 Å². The molecule has 17 heavy (non-hydrogen) atoms. The minimum absolute atomic E-state index is 0.0196. The maximum Gasteiger partial charge on any atom is 0.101 e. The summed E-state index contributed by atoms with van der Waals surface area (Å²) in [6.45, 7) is 7.17. The molecule has 0 saturated heterocycles. The van der Waals surface area contributed by atoms with Crippen LogP contribution in [0.2, 0.25) is 0 Å². The van der Waals surface area contributed by atoms with Crippen LogP contribution in [0.4, 0.5) is 0 Å². The monoisotopic (exact) mass is 241 g/mol. The number of hydrogen-bond donors (Lipinski definition) is 1. The summed E-state index contributed by atoms with van der Waals surface area (Å²) in [7, 11) is 1.88. The first kappa shape index (κ1) is 14.2. The molecule has 0 bridgehead atoms. The third-order valence-electron chi connectivity index (χ3n) is 2.47. The van der Waals surface area contributed by atoms with E-state index in [2.05, 4.69) is 5.10 Å². The van der Waals surface area contributed by atoms with Gasteiger partial charge in [0.25, 0.3) is 0 Å². The zero-order valence-electron chi connectivity index (χ0n) is 11.1. The molecule has 0 radical (unpaired) electrons. The molecule has 0 spiro atoms. The van der Waals surface area contributed by atoms with Gasteiger partial charge in [-0.25, -0.2) is 0 Å². The summed E-state index contributed by atoms with van der Waals surface area (Å²) < 4.78 is 13.0. The van der Waals surface area contributed by atoms with E-state index >= 15 is 0 Å². The van der Waals surface area contributed by atoms with E-state index in [1.807, 2.05) is 34.0 Å². The molecule has 3 atom stereocenters. The Morgan fingerprint density at radius 3 is 2.65 bits per heavy atom. The number of aromatic nitrogens is 2. The molecule has 0 fully saturated rings. The lowest BCUT2D eigenvalue weighted by atomic mass is 10.1. The Bertz CT molecular complexity index is 325. The molecule has 5 nitrogen and oxygen atoms in total. The summed E-state index contributed by atoms with van der Waals surface area (Å²) in [5, 5.41) is 4.14. The third-order valence-corrected chi connectivity index (χ3v) is 2.47. The second-order valence-electron chi connectivity index (χ2n) is 4.33. The molecule has 0 aliphatic carbocycles. The summed E-state index contributed by atoms with van der Waals surface area (Å²) >= 11 is 0. The Kier molecular flexibility index (Phi) is 5.61. The first-order chi connectivity index (χ1) is 8.04. The summed E-state index contributed by atoms with van der Waals surface area (Å²) in [5.41, 5.74) is 6.96. The van der Waals surface area contributed by atoms with Crippen molar-refractivity contribution in [1.82, 2.24) is 9.78 Å². The molecule has 2 N–H and O–H groups in total. The van der Waals surface area contributed by atoms with Crippen molar-refractivity contribution in [3.63, 3.8) is 0 Å². The average Bonchev–Trinajstić information content (AvgIpc) is 2.69. The van der Waals surface area contributed by atoms with Gasteiger partial charge in [-0.3, -0.25) is 4.68 Å². The Morgan fingerprint density at radius 1 is 1.47 bits per heavy atom. The van der Waals surface area contributed by atoms with Gasteiger partial charge in [0.2, 0.25) is 0 Å². The number of rotatable bonds is 7. The zero-order valence-corrected chi connectivity index (χ0v) is 11.1.